The quantitative estimate of drug-likeness (QED) is 0.695. The monoisotopic (exact) mass is 335 g/mol. The van der Waals surface area contributed by atoms with Crippen molar-refractivity contribution in [3.8, 4) is 0 Å². The first-order valence-corrected chi connectivity index (χ1v) is 8.46. The Hall–Kier alpha value is -1.88. The minimum Gasteiger partial charge on any atom is -0.463 e. The van der Waals surface area contributed by atoms with E-state index >= 15 is 0 Å². The molecule has 0 saturated carbocycles. The molecule has 0 aliphatic heterocycles. The first kappa shape index (κ1) is 20.2. The normalized spacial score (nSPS) is 12.5. The van der Waals surface area contributed by atoms with Gasteiger partial charge < -0.3 is 14.8 Å². The first-order valence-electron chi connectivity index (χ1n) is 8.46. The van der Waals surface area contributed by atoms with Crippen molar-refractivity contribution in [2.75, 3.05) is 11.9 Å². The van der Waals surface area contributed by atoms with Crippen LogP contribution in [-0.2, 0) is 25.7 Å². The summed E-state index contributed by atoms with van der Waals surface area (Å²) in [6.07, 6.45) is 1.35. The second-order valence-electron chi connectivity index (χ2n) is 6.37. The predicted octanol–water partition coefficient (Wildman–Crippen LogP) is 3.92. The highest BCUT2D eigenvalue weighted by Gasteiger charge is 2.31. The summed E-state index contributed by atoms with van der Waals surface area (Å²) in [6, 6.07) is 7.46. The number of carbonyl (C=O) groups is 2. The van der Waals surface area contributed by atoms with Crippen molar-refractivity contribution >= 4 is 17.6 Å². The lowest BCUT2D eigenvalue weighted by Gasteiger charge is -2.25. The predicted molar refractivity (Wildman–Crippen MR) is 94.6 cm³/mol. The summed E-state index contributed by atoms with van der Waals surface area (Å²) >= 11 is 0. The van der Waals surface area contributed by atoms with E-state index in [-0.39, 0.29) is 24.6 Å². The molecule has 0 aliphatic carbocycles. The molecule has 1 amide bonds. The van der Waals surface area contributed by atoms with Gasteiger partial charge >= 0.3 is 5.97 Å². The number of hydrogen-bond acceptors (Lipinski definition) is 4. The van der Waals surface area contributed by atoms with Gasteiger partial charge in [-0.1, -0.05) is 26.0 Å². The molecule has 0 saturated heterocycles. The second-order valence-corrected chi connectivity index (χ2v) is 6.37. The largest absolute Gasteiger partial charge is 0.463 e. The fourth-order valence-electron chi connectivity index (χ4n) is 2.08. The van der Waals surface area contributed by atoms with E-state index in [1.807, 2.05) is 52.0 Å². The number of hydrogen-bond donors (Lipinski definition) is 1. The molecule has 1 aromatic carbocycles. The van der Waals surface area contributed by atoms with Crippen molar-refractivity contribution in [1.29, 1.82) is 0 Å². The lowest BCUT2D eigenvalue weighted by Crippen LogP contribution is -2.31. The lowest BCUT2D eigenvalue weighted by molar-refractivity contribution is -0.159. The third-order valence-electron chi connectivity index (χ3n) is 4.31. The average molecular weight is 335 g/mol. The maximum Gasteiger partial charge on any atom is 0.311 e. The fourth-order valence-corrected chi connectivity index (χ4v) is 2.08. The van der Waals surface area contributed by atoms with Gasteiger partial charge in [0.1, 0.15) is 6.61 Å². The standard InChI is InChI=1S/C19H29NO4/c1-6-19(5,7-2)18(22)24-12-14(3)23-13-16-8-10-17(11-9-16)20-15(4)21/h8-11,14H,6-7,12-13H2,1-5H3,(H,20,21). The van der Waals surface area contributed by atoms with E-state index in [2.05, 4.69) is 5.32 Å². The highest BCUT2D eigenvalue weighted by molar-refractivity contribution is 5.88. The Balaban J connectivity index is 2.39. The van der Waals surface area contributed by atoms with E-state index in [0.717, 1.165) is 24.1 Å². The second kappa shape index (κ2) is 9.42. The molecule has 1 atom stereocenters. The van der Waals surface area contributed by atoms with Crippen LogP contribution in [0.1, 0.15) is 53.0 Å². The number of ether oxygens (including phenoxy) is 2. The van der Waals surface area contributed by atoms with Gasteiger partial charge in [0.25, 0.3) is 0 Å². The lowest BCUT2D eigenvalue weighted by atomic mass is 9.85. The van der Waals surface area contributed by atoms with Gasteiger partial charge in [0.05, 0.1) is 18.1 Å². The Labute approximate surface area is 144 Å². The van der Waals surface area contributed by atoms with E-state index in [1.165, 1.54) is 6.92 Å². The fraction of sp³-hybridized carbons (Fsp3) is 0.579. The minimum absolute atomic E-state index is 0.0967. The molecule has 134 valence electrons. The number of esters is 1. The van der Waals surface area contributed by atoms with E-state index in [9.17, 15) is 9.59 Å². The van der Waals surface area contributed by atoms with E-state index in [4.69, 9.17) is 9.47 Å². The molecule has 1 rings (SSSR count). The van der Waals surface area contributed by atoms with Gasteiger partial charge in [-0.2, -0.15) is 0 Å². The summed E-state index contributed by atoms with van der Waals surface area (Å²) in [4.78, 5) is 23.1. The zero-order chi connectivity index (χ0) is 18.2. The van der Waals surface area contributed by atoms with Gasteiger partial charge in [0.15, 0.2) is 0 Å². The number of nitrogens with one attached hydrogen (secondary N) is 1. The molecule has 0 fully saturated rings. The number of amides is 1. The Morgan fingerprint density at radius 3 is 2.25 bits per heavy atom. The van der Waals surface area contributed by atoms with E-state index in [1.54, 1.807) is 0 Å². The van der Waals surface area contributed by atoms with Crippen molar-refractivity contribution in [3.63, 3.8) is 0 Å². The minimum atomic E-state index is -0.417. The molecule has 0 bridgehead atoms. The van der Waals surface area contributed by atoms with Crippen LogP contribution in [0.4, 0.5) is 5.69 Å². The maximum absolute atomic E-state index is 12.1. The van der Waals surface area contributed by atoms with Crippen LogP contribution in [0.15, 0.2) is 24.3 Å². The van der Waals surface area contributed by atoms with Crippen LogP contribution < -0.4 is 5.32 Å². The van der Waals surface area contributed by atoms with Crippen molar-refractivity contribution in [1.82, 2.24) is 0 Å². The summed E-state index contributed by atoms with van der Waals surface area (Å²) in [5.74, 6) is -0.261. The molecule has 1 aromatic rings. The van der Waals surface area contributed by atoms with Gasteiger partial charge in [-0.05, 0) is 44.4 Å². The van der Waals surface area contributed by atoms with Crippen LogP contribution in [0.3, 0.4) is 0 Å². The molecule has 0 radical (unpaired) electrons. The van der Waals surface area contributed by atoms with Crippen molar-refractivity contribution < 1.29 is 19.1 Å². The summed E-state index contributed by atoms with van der Waals surface area (Å²) < 4.78 is 11.1. The van der Waals surface area contributed by atoms with Gasteiger partial charge in [-0.25, -0.2) is 0 Å². The molecular formula is C19H29NO4. The Morgan fingerprint density at radius 1 is 1.17 bits per heavy atom. The Kier molecular flexibility index (Phi) is 7.92. The molecule has 24 heavy (non-hydrogen) atoms. The van der Waals surface area contributed by atoms with Gasteiger partial charge in [-0.3, -0.25) is 9.59 Å². The molecule has 5 heteroatoms. The topological polar surface area (TPSA) is 64.6 Å². The third kappa shape index (κ3) is 6.32. The molecular weight excluding hydrogens is 306 g/mol. The van der Waals surface area contributed by atoms with Crippen molar-refractivity contribution in [2.45, 2.75) is 60.2 Å². The summed E-state index contributed by atoms with van der Waals surface area (Å²) in [5.41, 5.74) is 1.33. The Morgan fingerprint density at radius 2 is 1.75 bits per heavy atom. The van der Waals surface area contributed by atoms with Crippen LogP contribution in [0, 0.1) is 5.41 Å². The first-order chi connectivity index (χ1) is 11.3. The van der Waals surface area contributed by atoms with Crippen LogP contribution in [0.2, 0.25) is 0 Å². The number of benzene rings is 1. The average Bonchev–Trinajstić information content (AvgIpc) is 2.57. The van der Waals surface area contributed by atoms with Crippen LogP contribution in [0.25, 0.3) is 0 Å². The summed E-state index contributed by atoms with van der Waals surface area (Å²) in [6.45, 7) is 9.95. The van der Waals surface area contributed by atoms with Crippen LogP contribution in [0.5, 0.6) is 0 Å². The molecule has 1 N–H and O–H groups in total. The Bertz CT molecular complexity index is 535. The molecule has 5 nitrogen and oxygen atoms in total. The molecule has 0 aromatic heterocycles. The third-order valence-corrected chi connectivity index (χ3v) is 4.31. The summed E-state index contributed by atoms with van der Waals surface area (Å²) in [5, 5.41) is 2.72. The number of carbonyl (C=O) groups excluding carboxylic acids is 2. The molecule has 0 aliphatic rings. The van der Waals surface area contributed by atoms with Gasteiger partial charge in [0, 0.05) is 12.6 Å². The highest BCUT2D eigenvalue weighted by atomic mass is 16.6. The van der Waals surface area contributed by atoms with Crippen molar-refractivity contribution in [3.05, 3.63) is 29.8 Å². The van der Waals surface area contributed by atoms with Gasteiger partial charge in [-0.15, -0.1) is 0 Å². The van der Waals surface area contributed by atoms with Gasteiger partial charge in [0.2, 0.25) is 5.91 Å². The van der Waals surface area contributed by atoms with Crippen LogP contribution in [-0.4, -0.2) is 24.6 Å². The zero-order valence-corrected chi connectivity index (χ0v) is 15.3. The van der Waals surface area contributed by atoms with Crippen molar-refractivity contribution in [2.24, 2.45) is 5.41 Å². The zero-order valence-electron chi connectivity index (χ0n) is 15.3. The molecule has 1 unspecified atom stereocenters. The maximum atomic E-state index is 12.1. The number of anilines is 1. The molecule has 0 heterocycles. The van der Waals surface area contributed by atoms with Crippen LogP contribution >= 0.6 is 0 Å². The smallest absolute Gasteiger partial charge is 0.311 e. The number of rotatable bonds is 9. The SMILES string of the molecule is CCC(C)(CC)C(=O)OCC(C)OCc1ccc(NC(C)=O)cc1. The van der Waals surface area contributed by atoms with E-state index in [0.29, 0.717) is 6.61 Å². The summed E-state index contributed by atoms with van der Waals surface area (Å²) in [7, 11) is 0. The highest BCUT2D eigenvalue weighted by Crippen LogP contribution is 2.27. The molecule has 0 spiro atoms. The van der Waals surface area contributed by atoms with E-state index < -0.39 is 5.41 Å².